The summed E-state index contributed by atoms with van der Waals surface area (Å²) in [6.45, 7) is 0.506. The van der Waals surface area contributed by atoms with Crippen molar-refractivity contribution in [2.75, 3.05) is 19.8 Å². The molecule has 0 atom stereocenters. The fourth-order valence-corrected chi connectivity index (χ4v) is 1.13. The van der Waals surface area contributed by atoms with Crippen LogP contribution in [0.5, 0.6) is 0 Å². The van der Waals surface area contributed by atoms with Crippen LogP contribution in [0.2, 0.25) is 0 Å². The van der Waals surface area contributed by atoms with Gasteiger partial charge >= 0.3 is 0 Å². The predicted molar refractivity (Wildman–Crippen MR) is 57.7 cm³/mol. The van der Waals surface area contributed by atoms with E-state index in [1.54, 1.807) is 12.4 Å². The van der Waals surface area contributed by atoms with Crippen LogP contribution in [0.15, 0.2) is 12.4 Å². The van der Waals surface area contributed by atoms with Gasteiger partial charge in [-0.15, -0.1) is 12.4 Å². The smallest absolute Gasteiger partial charge is 0.241 e. The number of rotatable bonds is 3. The summed E-state index contributed by atoms with van der Waals surface area (Å²) in [6, 6.07) is 0. The van der Waals surface area contributed by atoms with E-state index in [0.717, 1.165) is 0 Å². The molecule has 1 rings (SSSR count). The molecule has 0 fully saturated rings. The second-order valence-corrected chi connectivity index (χ2v) is 2.91. The van der Waals surface area contributed by atoms with Crippen molar-refractivity contribution < 1.29 is 9.59 Å². The van der Waals surface area contributed by atoms with Crippen molar-refractivity contribution in [2.45, 2.75) is 6.42 Å². The third-order valence-electron chi connectivity index (χ3n) is 1.90. The normalized spacial score (nSPS) is 14.0. The lowest BCUT2D eigenvalue weighted by molar-refractivity contribution is -0.132. The zero-order chi connectivity index (χ0) is 10.6. The molecule has 0 saturated carbocycles. The molecule has 1 aliphatic rings. The largest absolute Gasteiger partial charge is 0.330 e. The van der Waals surface area contributed by atoms with Crippen LogP contribution in [0, 0.1) is 0 Å². The first kappa shape index (κ1) is 13.9. The van der Waals surface area contributed by atoms with Crippen LogP contribution in [0.1, 0.15) is 6.42 Å². The predicted octanol–water partition coefficient (Wildman–Crippen LogP) is -1.18. The molecule has 0 saturated heterocycles. The maximum atomic E-state index is 11.3. The van der Waals surface area contributed by atoms with Crippen molar-refractivity contribution >= 4 is 24.2 Å². The van der Waals surface area contributed by atoms with Crippen LogP contribution >= 0.6 is 12.4 Å². The topological polar surface area (TPSA) is 92.7 Å². The van der Waals surface area contributed by atoms with Gasteiger partial charge in [0, 0.05) is 25.4 Å². The molecule has 0 unspecified atom stereocenters. The Morgan fingerprint density at radius 3 is 2.13 bits per heavy atom. The van der Waals surface area contributed by atoms with Crippen molar-refractivity contribution in [3.05, 3.63) is 12.4 Å². The molecule has 7 heteroatoms. The average Bonchev–Trinajstić information content (AvgIpc) is 2.66. The van der Waals surface area contributed by atoms with E-state index in [9.17, 15) is 9.59 Å². The highest BCUT2D eigenvalue weighted by Gasteiger charge is 2.21. The molecule has 0 radical (unpaired) electrons. The van der Waals surface area contributed by atoms with Crippen molar-refractivity contribution in [3.8, 4) is 0 Å². The molecule has 0 aromatic carbocycles. The van der Waals surface area contributed by atoms with Gasteiger partial charge in [0.2, 0.25) is 11.8 Å². The molecule has 0 aromatic rings. The van der Waals surface area contributed by atoms with Crippen LogP contribution in [-0.4, -0.2) is 41.4 Å². The molecule has 15 heavy (non-hydrogen) atoms. The first-order valence-corrected chi connectivity index (χ1v) is 4.36. The molecule has 0 bridgehead atoms. The summed E-state index contributed by atoms with van der Waals surface area (Å²) in [5.41, 5.74) is 10.4. The van der Waals surface area contributed by atoms with E-state index < -0.39 is 0 Å². The van der Waals surface area contributed by atoms with Crippen LogP contribution in [0.3, 0.4) is 0 Å². The maximum absolute atomic E-state index is 11.3. The SMILES string of the molecule is Cl.NCCC(=O)N1C=CN(C(=O)CN)C1. The number of hydrogen-bond donors (Lipinski definition) is 2. The minimum atomic E-state index is -0.204. The zero-order valence-electron chi connectivity index (χ0n) is 8.26. The highest BCUT2D eigenvalue weighted by molar-refractivity contribution is 5.85. The molecule has 0 aromatic heterocycles. The average molecular weight is 235 g/mol. The van der Waals surface area contributed by atoms with Gasteiger partial charge in [0.1, 0.15) is 6.67 Å². The Labute approximate surface area is 94.3 Å². The monoisotopic (exact) mass is 234 g/mol. The van der Waals surface area contributed by atoms with E-state index in [2.05, 4.69) is 0 Å². The van der Waals surface area contributed by atoms with Crippen LogP contribution in [0.25, 0.3) is 0 Å². The van der Waals surface area contributed by atoms with Crippen molar-refractivity contribution in [1.29, 1.82) is 0 Å². The van der Waals surface area contributed by atoms with Gasteiger partial charge < -0.3 is 11.5 Å². The highest BCUT2D eigenvalue weighted by Crippen LogP contribution is 2.07. The van der Waals surface area contributed by atoms with E-state index in [0.29, 0.717) is 6.54 Å². The molecule has 0 spiro atoms. The van der Waals surface area contributed by atoms with Gasteiger partial charge in [0.05, 0.1) is 6.54 Å². The molecule has 1 aliphatic heterocycles. The van der Waals surface area contributed by atoms with Gasteiger partial charge in [-0.2, -0.15) is 0 Å². The number of hydrogen-bond acceptors (Lipinski definition) is 4. The van der Waals surface area contributed by atoms with Crippen LogP contribution in [0.4, 0.5) is 0 Å². The van der Waals surface area contributed by atoms with Crippen molar-refractivity contribution in [1.82, 2.24) is 9.80 Å². The standard InChI is InChI=1S/C8H14N4O2.ClH/c9-2-1-7(13)11-3-4-12(6-11)8(14)5-10;/h3-4H,1-2,5-6,9-10H2;1H. The second-order valence-electron chi connectivity index (χ2n) is 2.91. The van der Waals surface area contributed by atoms with Crippen molar-refractivity contribution in [3.63, 3.8) is 0 Å². The van der Waals surface area contributed by atoms with Gasteiger partial charge in [-0.1, -0.05) is 0 Å². The molecular formula is C8H15ClN4O2. The van der Waals surface area contributed by atoms with Gasteiger partial charge in [0.15, 0.2) is 0 Å². The molecule has 1 heterocycles. The quantitative estimate of drug-likeness (QED) is 0.643. The highest BCUT2D eigenvalue weighted by atomic mass is 35.5. The van der Waals surface area contributed by atoms with Crippen molar-refractivity contribution in [2.24, 2.45) is 11.5 Å². The van der Waals surface area contributed by atoms with Crippen LogP contribution in [-0.2, 0) is 9.59 Å². The number of halogens is 1. The summed E-state index contributed by atoms with van der Waals surface area (Å²) < 4.78 is 0. The molecule has 4 N–H and O–H groups in total. The number of nitrogens with zero attached hydrogens (tertiary/aromatic N) is 2. The summed E-state index contributed by atoms with van der Waals surface area (Å²) in [5, 5.41) is 0. The van der Waals surface area contributed by atoms with E-state index in [-0.39, 0.29) is 43.9 Å². The maximum Gasteiger partial charge on any atom is 0.241 e. The number of nitrogens with two attached hydrogens (primary N) is 2. The zero-order valence-corrected chi connectivity index (χ0v) is 9.07. The van der Waals surface area contributed by atoms with Crippen LogP contribution < -0.4 is 11.5 Å². The Bertz CT molecular complexity index is 269. The van der Waals surface area contributed by atoms with E-state index in [1.807, 2.05) is 0 Å². The fraction of sp³-hybridized carbons (Fsp3) is 0.500. The fourth-order valence-electron chi connectivity index (χ4n) is 1.13. The first-order chi connectivity index (χ1) is 6.69. The Balaban J connectivity index is 0.00000196. The lowest BCUT2D eigenvalue weighted by atomic mass is 10.4. The van der Waals surface area contributed by atoms with Gasteiger partial charge in [-0.05, 0) is 0 Å². The lowest BCUT2D eigenvalue weighted by Gasteiger charge is -2.17. The Morgan fingerprint density at radius 2 is 1.67 bits per heavy atom. The number of carbonyl (C=O) groups is 2. The van der Waals surface area contributed by atoms with Gasteiger partial charge in [-0.3, -0.25) is 19.4 Å². The lowest BCUT2D eigenvalue weighted by Crippen LogP contribution is -2.37. The molecular weight excluding hydrogens is 220 g/mol. The minimum absolute atomic E-state index is 0. The van der Waals surface area contributed by atoms with E-state index in [1.165, 1.54) is 9.80 Å². The Morgan fingerprint density at radius 1 is 1.13 bits per heavy atom. The summed E-state index contributed by atoms with van der Waals surface area (Å²) >= 11 is 0. The summed E-state index contributed by atoms with van der Waals surface area (Å²) in [6.07, 6.45) is 3.39. The third kappa shape index (κ3) is 3.50. The van der Waals surface area contributed by atoms with Gasteiger partial charge in [-0.25, -0.2) is 0 Å². The van der Waals surface area contributed by atoms with E-state index in [4.69, 9.17) is 11.5 Å². The second kappa shape index (κ2) is 6.39. The number of carbonyl (C=O) groups excluding carboxylic acids is 2. The van der Waals surface area contributed by atoms with Gasteiger partial charge in [0.25, 0.3) is 0 Å². The molecule has 0 aliphatic carbocycles. The summed E-state index contributed by atoms with van der Waals surface area (Å²) in [5.74, 6) is -0.291. The first-order valence-electron chi connectivity index (χ1n) is 4.36. The summed E-state index contributed by atoms with van der Waals surface area (Å²) in [7, 11) is 0. The Hall–Kier alpha value is -1.11. The molecule has 2 amide bonds. The van der Waals surface area contributed by atoms with E-state index >= 15 is 0 Å². The summed E-state index contributed by atoms with van der Waals surface area (Å²) in [4.78, 5) is 25.3. The minimum Gasteiger partial charge on any atom is -0.330 e. The molecule has 6 nitrogen and oxygen atoms in total. The Kier molecular flexibility index (Phi) is 5.92. The third-order valence-corrected chi connectivity index (χ3v) is 1.90. The molecule has 86 valence electrons. The number of amides is 2.